The van der Waals surface area contributed by atoms with Gasteiger partial charge < -0.3 is 4.74 Å². The first-order chi connectivity index (χ1) is 14.0. The van der Waals surface area contributed by atoms with E-state index in [9.17, 15) is 9.59 Å². The maximum absolute atomic E-state index is 11.9. The van der Waals surface area contributed by atoms with Gasteiger partial charge in [-0.1, -0.05) is 0 Å². The molecule has 4 rings (SSSR count). The van der Waals surface area contributed by atoms with E-state index in [1.54, 1.807) is 43.7 Å². The van der Waals surface area contributed by atoms with Gasteiger partial charge in [0.25, 0.3) is 0 Å². The first kappa shape index (κ1) is 18.6. The average molecular weight is 392 g/mol. The number of amides is 3. The van der Waals surface area contributed by atoms with Crippen LogP contribution >= 0.6 is 0 Å². The number of pyridine rings is 2. The van der Waals surface area contributed by atoms with E-state index in [0.717, 1.165) is 18.5 Å². The van der Waals surface area contributed by atoms with Crippen LogP contribution < -0.4 is 15.4 Å². The molecule has 0 saturated heterocycles. The van der Waals surface area contributed by atoms with Crippen LogP contribution in [0, 0.1) is 19.8 Å². The molecule has 148 valence electrons. The molecule has 0 unspecified atom stereocenters. The topological polar surface area (TPSA) is 111 Å². The highest BCUT2D eigenvalue weighted by molar-refractivity contribution is 6.02. The number of aryl methyl sites for hydroxylation is 2. The van der Waals surface area contributed by atoms with E-state index >= 15 is 0 Å². The molecule has 0 atom stereocenters. The fraction of sp³-hybridized carbons (Fsp3) is 0.250. The smallest absolute Gasteiger partial charge is 0.327 e. The number of nitrogens with zero attached hydrogens (tertiary/aromatic N) is 4. The summed E-state index contributed by atoms with van der Waals surface area (Å²) in [6.07, 6.45) is 6.88. The summed E-state index contributed by atoms with van der Waals surface area (Å²) < 4.78 is 7.73. The Bertz CT molecular complexity index is 1070. The van der Waals surface area contributed by atoms with Crippen molar-refractivity contribution in [3.05, 3.63) is 54.4 Å². The van der Waals surface area contributed by atoms with Crippen molar-refractivity contribution in [1.82, 2.24) is 24.8 Å². The molecule has 2 N–H and O–H groups in total. The Morgan fingerprint density at radius 2 is 2.00 bits per heavy atom. The molecule has 1 saturated carbocycles. The molecule has 3 amide bonds. The van der Waals surface area contributed by atoms with Gasteiger partial charge >= 0.3 is 6.03 Å². The lowest BCUT2D eigenvalue weighted by Gasteiger charge is -2.11. The lowest BCUT2D eigenvalue weighted by atomic mass is 10.3. The van der Waals surface area contributed by atoms with E-state index in [4.69, 9.17) is 4.74 Å². The largest absolute Gasteiger partial charge is 0.455 e. The number of carbonyl (C=O) groups is 2. The zero-order valence-electron chi connectivity index (χ0n) is 16.0. The maximum Gasteiger partial charge on any atom is 0.327 e. The van der Waals surface area contributed by atoms with Crippen LogP contribution in [-0.4, -0.2) is 31.5 Å². The Balaban J connectivity index is 1.43. The van der Waals surface area contributed by atoms with Crippen molar-refractivity contribution < 1.29 is 14.3 Å². The third-order valence-electron chi connectivity index (χ3n) is 4.38. The van der Waals surface area contributed by atoms with E-state index in [2.05, 4.69) is 25.6 Å². The molecular weight excluding hydrogens is 372 g/mol. The molecule has 0 bridgehead atoms. The van der Waals surface area contributed by atoms with E-state index in [-0.39, 0.29) is 11.8 Å². The number of rotatable bonds is 5. The quantitative estimate of drug-likeness (QED) is 0.690. The summed E-state index contributed by atoms with van der Waals surface area (Å²) >= 11 is 0. The van der Waals surface area contributed by atoms with Crippen LogP contribution in [0.2, 0.25) is 0 Å². The molecule has 3 heterocycles. The van der Waals surface area contributed by atoms with Crippen molar-refractivity contribution in [2.45, 2.75) is 26.7 Å². The standard InChI is InChI=1S/C20H20N6O3/c1-12-10-26(11-22-12)18-9-15(7-8-21-18)29-16-5-6-17(23-13(16)2)24-20(28)25-19(27)14-3-4-14/h5-11,14H,3-4H2,1-2H3,(H2,23,24,25,27,28). The van der Waals surface area contributed by atoms with Crippen LogP contribution in [0.15, 0.2) is 43.0 Å². The molecule has 9 nitrogen and oxygen atoms in total. The van der Waals surface area contributed by atoms with Crippen LogP contribution in [0.1, 0.15) is 24.2 Å². The predicted molar refractivity (Wildman–Crippen MR) is 105 cm³/mol. The summed E-state index contributed by atoms with van der Waals surface area (Å²) in [5.41, 5.74) is 1.48. The van der Waals surface area contributed by atoms with Crippen LogP contribution in [0.5, 0.6) is 11.5 Å². The van der Waals surface area contributed by atoms with E-state index in [1.165, 1.54) is 0 Å². The Morgan fingerprint density at radius 1 is 1.17 bits per heavy atom. The SMILES string of the molecule is Cc1cn(-c2cc(Oc3ccc(NC(=O)NC(=O)C4CC4)nc3C)ccn2)cn1. The number of imide groups is 1. The molecule has 0 spiro atoms. The Labute approximate surface area is 167 Å². The Kier molecular flexibility index (Phi) is 4.94. The number of nitrogens with one attached hydrogen (secondary N) is 2. The lowest BCUT2D eigenvalue weighted by molar-refractivity contribution is -0.121. The molecule has 0 aliphatic heterocycles. The number of anilines is 1. The third-order valence-corrected chi connectivity index (χ3v) is 4.38. The van der Waals surface area contributed by atoms with Crippen molar-refractivity contribution in [2.75, 3.05) is 5.32 Å². The summed E-state index contributed by atoms with van der Waals surface area (Å²) in [7, 11) is 0. The molecule has 1 fully saturated rings. The van der Waals surface area contributed by atoms with Gasteiger partial charge in [0.1, 0.15) is 29.5 Å². The molecule has 9 heteroatoms. The van der Waals surface area contributed by atoms with E-state index < -0.39 is 6.03 Å². The maximum atomic E-state index is 11.9. The minimum absolute atomic E-state index is 0.0392. The zero-order chi connectivity index (χ0) is 20.4. The number of aromatic nitrogens is 4. The van der Waals surface area contributed by atoms with Gasteiger partial charge in [0, 0.05) is 24.4 Å². The lowest BCUT2D eigenvalue weighted by Crippen LogP contribution is -2.35. The second-order valence-electron chi connectivity index (χ2n) is 6.87. The summed E-state index contributed by atoms with van der Waals surface area (Å²) in [5, 5.41) is 4.88. The van der Waals surface area contributed by atoms with Crippen LogP contribution in [0.4, 0.5) is 10.6 Å². The van der Waals surface area contributed by atoms with Gasteiger partial charge in [-0.15, -0.1) is 0 Å². The highest BCUT2D eigenvalue weighted by Gasteiger charge is 2.30. The van der Waals surface area contributed by atoms with Gasteiger partial charge in [0.15, 0.2) is 0 Å². The summed E-state index contributed by atoms with van der Waals surface area (Å²) in [4.78, 5) is 36.4. The molecule has 0 aromatic carbocycles. The van der Waals surface area contributed by atoms with Gasteiger partial charge in [-0.25, -0.2) is 19.7 Å². The number of carbonyl (C=O) groups excluding carboxylic acids is 2. The van der Waals surface area contributed by atoms with Gasteiger partial charge in [-0.3, -0.25) is 20.0 Å². The minimum Gasteiger partial charge on any atom is -0.455 e. The molecule has 1 aliphatic rings. The molecule has 29 heavy (non-hydrogen) atoms. The number of hydrogen-bond acceptors (Lipinski definition) is 6. The Morgan fingerprint density at radius 3 is 2.69 bits per heavy atom. The Hall–Kier alpha value is -3.75. The van der Waals surface area contributed by atoms with Crippen molar-refractivity contribution in [3.8, 4) is 17.3 Å². The van der Waals surface area contributed by atoms with Crippen molar-refractivity contribution in [3.63, 3.8) is 0 Å². The fourth-order valence-corrected chi connectivity index (χ4v) is 2.71. The predicted octanol–water partition coefficient (Wildman–Crippen LogP) is 3.13. The molecule has 3 aromatic rings. The average Bonchev–Trinajstić information content (AvgIpc) is 3.45. The van der Waals surface area contributed by atoms with Gasteiger partial charge in [-0.05, 0) is 44.9 Å². The van der Waals surface area contributed by atoms with Crippen LogP contribution in [0.25, 0.3) is 5.82 Å². The van der Waals surface area contributed by atoms with Crippen molar-refractivity contribution in [2.24, 2.45) is 5.92 Å². The normalized spacial score (nSPS) is 13.0. The molecule has 3 aromatic heterocycles. The summed E-state index contributed by atoms with van der Waals surface area (Å²) in [5.74, 6) is 1.87. The highest BCUT2D eigenvalue weighted by atomic mass is 16.5. The van der Waals surface area contributed by atoms with Gasteiger partial charge in [-0.2, -0.15) is 0 Å². The van der Waals surface area contributed by atoms with Crippen molar-refractivity contribution >= 4 is 17.8 Å². The number of hydrogen-bond donors (Lipinski definition) is 2. The molecule has 1 aliphatic carbocycles. The van der Waals surface area contributed by atoms with E-state index in [0.29, 0.717) is 28.8 Å². The second-order valence-corrected chi connectivity index (χ2v) is 6.87. The van der Waals surface area contributed by atoms with Crippen LogP contribution in [-0.2, 0) is 4.79 Å². The summed E-state index contributed by atoms with van der Waals surface area (Å²) in [6.45, 7) is 3.68. The van der Waals surface area contributed by atoms with Crippen LogP contribution in [0.3, 0.4) is 0 Å². The molecule has 0 radical (unpaired) electrons. The number of urea groups is 1. The van der Waals surface area contributed by atoms with Gasteiger partial charge in [0.05, 0.1) is 11.4 Å². The van der Waals surface area contributed by atoms with Gasteiger partial charge in [0.2, 0.25) is 5.91 Å². The monoisotopic (exact) mass is 392 g/mol. The number of imidazole rings is 1. The summed E-state index contributed by atoms with van der Waals surface area (Å²) in [6, 6.07) is 6.28. The minimum atomic E-state index is -0.586. The van der Waals surface area contributed by atoms with Crippen molar-refractivity contribution in [1.29, 1.82) is 0 Å². The first-order valence-electron chi connectivity index (χ1n) is 9.22. The highest BCUT2D eigenvalue weighted by Crippen LogP contribution is 2.29. The van der Waals surface area contributed by atoms with E-state index in [1.807, 2.05) is 17.7 Å². The molecular formula is C20H20N6O3. The zero-order valence-corrected chi connectivity index (χ0v) is 16.0. The number of ether oxygens (including phenoxy) is 1. The first-order valence-corrected chi connectivity index (χ1v) is 9.22. The fourth-order valence-electron chi connectivity index (χ4n) is 2.71. The third kappa shape index (κ3) is 4.57. The second kappa shape index (κ2) is 7.70.